The lowest BCUT2D eigenvalue weighted by molar-refractivity contribution is 0.0242. The molecule has 0 radical (unpaired) electrons. The third-order valence-electron chi connectivity index (χ3n) is 4.05. The number of aryl methyl sites for hydroxylation is 2. The Balaban J connectivity index is 1.97. The van der Waals surface area contributed by atoms with Crippen LogP contribution in [0.1, 0.15) is 38.3 Å². The Labute approximate surface area is 127 Å². The van der Waals surface area contributed by atoms with Crippen LogP contribution in [0.15, 0.2) is 23.2 Å². The number of methoxy groups -OCH3 is 1. The first kappa shape index (κ1) is 15.8. The van der Waals surface area contributed by atoms with Crippen LogP contribution in [0.4, 0.5) is 5.69 Å². The van der Waals surface area contributed by atoms with Gasteiger partial charge in [-0.3, -0.25) is 4.99 Å². The molecule has 4 nitrogen and oxygen atoms in total. The highest BCUT2D eigenvalue weighted by Gasteiger charge is 2.23. The zero-order chi connectivity index (χ0) is 15.5. The maximum atomic E-state index is 5.98. The number of benzene rings is 1. The van der Waals surface area contributed by atoms with Gasteiger partial charge in [0, 0.05) is 12.8 Å². The van der Waals surface area contributed by atoms with E-state index < -0.39 is 0 Å². The summed E-state index contributed by atoms with van der Waals surface area (Å²) in [6.45, 7) is 6.98. The number of hydrogen-bond donors (Lipinski definition) is 2. The van der Waals surface area contributed by atoms with Crippen LogP contribution in [0.25, 0.3) is 0 Å². The van der Waals surface area contributed by atoms with Gasteiger partial charge in [0.15, 0.2) is 5.96 Å². The van der Waals surface area contributed by atoms with Crippen LogP contribution in [-0.4, -0.2) is 25.7 Å². The number of ether oxygens (including phenoxy) is 1. The molecule has 0 aromatic heterocycles. The van der Waals surface area contributed by atoms with Crippen molar-refractivity contribution in [2.24, 2.45) is 16.1 Å². The average molecular weight is 289 g/mol. The zero-order valence-electron chi connectivity index (χ0n) is 13.6. The smallest absolute Gasteiger partial charge is 0.193 e. The molecule has 0 spiro atoms. The van der Waals surface area contributed by atoms with E-state index in [1.807, 2.05) is 0 Å². The molecule has 0 saturated carbocycles. The number of guanidine groups is 1. The summed E-state index contributed by atoms with van der Waals surface area (Å²) < 4.78 is 5.49. The van der Waals surface area contributed by atoms with Gasteiger partial charge in [-0.2, -0.15) is 0 Å². The van der Waals surface area contributed by atoms with Gasteiger partial charge in [0.1, 0.15) is 0 Å². The van der Waals surface area contributed by atoms with E-state index in [2.05, 4.69) is 49.3 Å². The van der Waals surface area contributed by atoms with Crippen molar-refractivity contribution in [2.75, 3.05) is 19.0 Å². The predicted octanol–water partition coefficient (Wildman–Crippen LogP) is 2.96. The van der Waals surface area contributed by atoms with Crippen LogP contribution < -0.4 is 11.1 Å². The lowest BCUT2D eigenvalue weighted by Gasteiger charge is -2.27. The van der Waals surface area contributed by atoms with Gasteiger partial charge in [0.2, 0.25) is 0 Å². The second kappa shape index (κ2) is 6.48. The van der Waals surface area contributed by atoms with E-state index in [1.165, 1.54) is 24.0 Å². The third-order valence-corrected chi connectivity index (χ3v) is 4.05. The standard InChI is InChI=1S/C17H27N3O/c1-17(2,3)15(21-4)11-19-16(18)20-14-9-8-12-6-5-7-13(12)10-14/h8-10,15H,5-7,11H2,1-4H3,(H3,18,19,20). The van der Waals surface area contributed by atoms with Gasteiger partial charge < -0.3 is 15.8 Å². The number of anilines is 1. The SMILES string of the molecule is COC(CN=C(N)Nc1ccc2c(c1)CCC2)C(C)(C)C. The number of fused-ring (bicyclic) bond motifs is 1. The van der Waals surface area contributed by atoms with Crippen molar-refractivity contribution in [1.29, 1.82) is 0 Å². The summed E-state index contributed by atoms with van der Waals surface area (Å²) in [6.07, 6.45) is 3.67. The van der Waals surface area contributed by atoms with Crippen molar-refractivity contribution in [3.63, 3.8) is 0 Å². The van der Waals surface area contributed by atoms with Crippen molar-refractivity contribution < 1.29 is 4.74 Å². The molecule has 2 rings (SSSR count). The molecule has 0 amide bonds. The van der Waals surface area contributed by atoms with E-state index in [-0.39, 0.29) is 11.5 Å². The molecule has 1 atom stereocenters. The Morgan fingerprint density at radius 2 is 2.05 bits per heavy atom. The molecule has 1 aromatic carbocycles. The van der Waals surface area contributed by atoms with Gasteiger partial charge in [-0.25, -0.2) is 0 Å². The molecule has 1 aromatic rings. The van der Waals surface area contributed by atoms with Crippen molar-refractivity contribution in [2.45, 2.75) is 46.1 Å². The summed E-state index contributed by atoms with van der Waals surface area (Å²) in [5, 5.41) is 3.17. The van der Waals surface area contributed by atoms with Crippen LogP contribution in [0.2, 0.25) is 0 Å². The summed E-state index contributed by atoms with van der Waals surface area (Å²) in [4.78, 5) is 4.41. The summed E-state index contributed by atoms with van der Waals surface area (Å²) in [5.74, 6) is 0.444. The van der Waals surface area contributed by atoms with E-state index in [1.54, 1.807) is 7.11 Å². The molecule has 4 heteroatoms. The molecule has 0 bridgehead atoms. The highest BCUT2D eigenvalue weighted by atomic mass is 16.5. The maximum Gasteiger partial charge on any atom is 0.193 e. The van der Waals surface area contributed by atoms with Gasteiger partial charge in [0.25, 0.3) is 0 Å². The van der Waals surface area contributed by atoms with Gasteiger partial charge in [0.05, 0.1) is 12.6 Å². The second-order valence-corrected chi connectivity index (χ2v) is 6.78. The number of nitrogens with zero attached hydrogens (tertiary/aromatic N) is 1. The summed E-state index contributed by atoms with van der Waals surface area (Å²) in [6, 6.07) is 6.44. The van der Waals surface area contributed by atoms with Crippen LogP contribution in [-0.2, 0) is 17.6 Å². The fourth-order valence-electron chi connectivity index (χ4n) is 2.72. The lowest BCUT2D eigenvalue weighted by atomic mass is 9.89. The van der Waals surface area contributed by atoms with Gasteiger partial charge in [-0.15, -0.1) is 0 Å². The highest BCUT2D eigenvalue weighted by Crippen LogP contribution is 2.25. The minimum Gasteiger partial charge on any atom is -0.379 e. The molecule has 0 fully saturated rings. The maximum absolute atomic E-state index is 5.98. The van der Waals surface area contributed by atoms with Crippen molar-refractivity contribution in [3.05, 3.63) is 29.3 Å². The minimum atomic E-state index is 0.0477. The number of nitrogens with one attached hydrogen (secondary N) is 1. The Morgan fingerprint density at radius 3 is 2.71 bits per heavy atom. The first-order chi connectivity index (χ1) is 9.90. The van der Waals surface area contributed by atoms with Crippen molar-refractivity contribution >= 4 is 11.6 Å². The molecule has 1 aliphatic rings. The number of hydrogen-bond acceptors (Lipinski definition) is 2. The van der Waals surface area contributed by atoms with E-state index in [9.17, 15) is 0 Å². The molecule has 0 aliphatic heterocycles. The van der Waals surface area contributed by atoms with E-state index in [0.717, 1.165) is 12.1 Å². The molecule has 0 heterocycles. The average Bonchev–Trinajstić information content (AvgIpc) is 2.85. The van der Waals surface area contributed by atoms with Crippen LogP contribution in [0.5, 0.6) is 0 Å². The number of rotatable bonds is 4. The Hall–Kier alpha value is -1.55. The molecule has 3 N–H and O–H groups in total. The Bertz CT molecular complexity index is 517. The monoisotopic (exact) mass is 289 g/mol. The van der Waals surface area contributed by atoms with Gasteiger partial charge >= 0.3 is 0 Å². The van der Waals surface area contributed by atoms with Crippen molar-refractivity contribution in [3.8, 4) is 0 Å². The molecule has 116 valence electrons. The predicted molar refractivity (Wildman–Crippen MR) is 88.8 cm³/mol. The molecule has 0 saturated heterocycles. The van der Waals surface area contributed by atoms with Crippen LogP contribution >= 0.6 is 0 Å². The number of nitrogens with two attached hydrogens (primary N) is 1. The molecular formula is C17H27N3O. The summed E-state index contributed by atoms with van der Waals surface area (Å²) in [5.41, 5.74) is 9.93. The van der Waals surface area contributed by atoms with E-state index in [0.29, 0.717) is 12.5 Å². The Morgan fingerprint density at radius 1 is 1.33 bits per heavy atom. The third kappa shape index (κ3) is 4.21. The van der Waals surface area contributed by atoms with Crippen LogP contribution in [0, 0.1) is 5.41 Å². The van der Waals surface area contributed by atoms with Crippen LogP contribution in [0.3, 0.4) is 0 Å². The normalized spacial score (nSPS) is 16.7. The first-order valence-corrected chi connectivity index (χ1v) is 7.61. The number of aliphatic imine (C=N–C) groups is 1. The fraction of sp³-hybridized carbons (Fsp3) is 0.588. The molecule has 1 unspecified atom stereocenters. The molecular weight excluding hydrogens is 262 g/mol. The molecule has 21 heavy (non-hydrogen) atoms. The topological polar surface area (TPSA) is 59.6 Å². The van der Waals surface area contributed by atoms with E-state index >= 15 is 0 Å². The molecule has 1 aliphatic carbocycles. The van der Waals surface area contributed by atoms with Gasteiger partial charge in [-0.05, 0) is 47.9 Å². The fourth-order valence-corrected chi connectivity index (χ4v) is 2.72. The highest BCUT2D eigenvalue weighted by molar-refractivity contribution is 5.92. The first-order valence-electron chi connectivity index (χ1n) is 7.61. The lowest BCUT2D eigenvalue weighted by Crippen LogP contribution is -2.33. The summed E-state index contributed by atoms with van der Waals surface area (Å²) >= 11 is 0. The Kier molecular flexibility index (Phi) is 4.88. The largest absolute Gasteiger partial charge is 0.379 e. The minimum absolute atomic E-state index is 0.0477. The van der Waals surface area contributed by atoms with Gasteiger partial charge in [-0.1, -0.05) is 26.8 Å². The summed E-state index contributed by atoms with van der Waals surface area (Å²) in [7, 11) is 1.72. The quantitative estimate of drug-likeness (QED) is 0.662. The zero-order valence-corrected chi connectivity index (χ0v) is 13.6. The van der Waals surface area contributed by atoms with E-state index in [4.69, 9.17) is 10.5 Å². The van der Waals surface area contributed by atoms with Crippen molar-refractivity contribution in [1.82, 2.24) is 0 Å². The second-order valence-electron chi connectivity index (χ2n) is 6.78.